The van der Waals surface area contributed by atoms with Crippen LogP contribution in [-0.2, 0) is 33.6 Å². The molecule has 0 heterocycles. The summed E-state index contributed by atoms with van der Waals surface area (Å²) in [6.45, 7) is 0. The second-order valence-electron chi connectivity index (χ2n) is 6.51. The number of primary amides is 1. The van der Waals surface area contributed by atoms with Gasteiger partial charge in [0.15, 0.2) is 0 Å². The number of carbonyl (C=O) groups excluding carboxylic acids is 4. The predicted octanol–water partition coefficient (Wildman–Crippen LogP) is -4.00. The van der Waals surface area contributed by atoms with E-state index in [9.17, 15) is 33.6 Å². The van der Waals surface area contributed by atoms with Gasteiger partial charge in [0.05, 0.1) is 18.9 Å². The summed E-state index contributed by atoms with van der Waals surface area (Å²) in [7, 11) is 0. The Kier molecular flexibility index (Phi) is 12.3. The van der Waals surface area contributed by atoms with E-state index in [1.165, 1.54) is 0 Å². The third-order valence-corrected chi connectivity index (χ3v) is 4.21. The molecular formula is C16H25N5O10S. The number of rotatable bonds is 15. The van der Waals surface area contributed by atoms with Gasteiger partial charge in [0.1, 0.15) is 18.1 Å². The standard InChI is InChI=1S/C16H25N5O10S/c17-6(3-10(18)22)13(27)21-9(5-32)15(29)19-7(1-2-11(23)24)14(28)20-8(16(30)31)4-12(25)26/h6-9,32H,1-5,17H2,(H2,18,22)(H,19,29)(H,20,28)(H,21,27)(H,23,24)(H,25,26)(H,30,31). The van der Waals surface area contributed by atoms with Gasteiger partial charge in [-0.05, 0) is 6.42 Å². The summed E-state index contributed by atoms with van der Waals surface area (Å²) in [6, 6.07) is -6.13. The first kappa shape index (κ1) is 28.6. The molecule has 0 aromatic rings. The molecule has 4 unspecified atom stereocenters. The second-order valence-corrected chi connectivity index (χ2v) is 6.88. The number of carbonyl (C=O) groups is 7. The molecular weight excluding hydrogens is 454 g/mol. The molecule has 0 aromatic heterocycles. The third-order valence-electron chi connectivity index (χ3n) is 3.85. The van der Waals surface area contributed by atoms with E-state index in [0.29, 0.717) is 0 Å². The Balaban J connectivity index is 5.37. The van der Waals surface area contributed by atoms with Crippen molar-refractivity contribution in [1.82, 2.24) is 16.0 Å². The summed E-state index contributed by atoms with van der Waals surface area (Å²) in [6.07, 6.45) is -2.54. The molecule has 0 radical (unpaired) electrons. The second kappa shape index (κ2) is 13.8. The van der Waals surface area contributed by atoms with Gasteiger partial charge in [0.25, 0.3) is 0 Å². The molecule has 0 aliphatic heterocycles. The molecule has 0 aliphatic rings. The number of nitrogens with two attached hydrogens (primary N) is 2. The summed E-state index contributed by atoms with van der Waals surface area (Å²) < 4.78 is 0. The Morgan fingerprint density at radius 3 is 1.69 bits per heavy atom. The predicted molar refractivity (Wildman–Crippen MR) is 108 cm³/mol. The van der Waals surface area contributed by atoms with Gasteiger partial charge < -0.3 is 42.7 Å². The molecule has 0 spiro atoms. The zero-order valence-electron chi connectivity index (χ0n) is 16.6. The van der Waals surface area contributed by atoms with Crippen LogP contribution in [0.1, 0.15) is 25.7 Å². The molecule has 0 saturated heterocycles. The highest BCUT2D eigenvalue weighted by Crippen LogP contribution is 2.03. The number of hydrogen-bond donors (Lipinski definition) is 9. The van der Waals surface area contributed by atoms with Crippen molar-refractivity contribution >= 4 is 54.2 Å². The van der Waals surface area contributed by atoms with E-state index in [-0.39, 0.29) is 5.75 Å². The van der Waals surface area contributed by atoms with E-state index in [0.717, 1.165) is 0 Å². The number of thiol groups is 1. The van der Waals surface area contributed by atoms with Gasteiger partial charge in [-0.15, -0.1) is 0 Å². The van der Waals surface area contributed by atoms with Gasteiger partial charge in [-0.25, -0.2) is 4.79 Å². The maximum absolute atomic E-state index is 12.5. The monoisotopic (exact) mass is 479 g/mol. The van der Waals surface area contributed by atoms with Crippen molar-refractivity contribution in [2.45, 2.75) is 49.9 Å². The summed E-state index contributed by atoms with van der Waals surface area (Å²) >= 11 is 3.90. The van der Waals surface area contributed by atoms with E-state index in [4.69, 9.17) is 26.8 Å². The van der Waals surface area contributed by atoms with Gasteiger partial charge in [-0.2, -0.15) is 12.6 Å². The first-order chi connectivity index (χ1) is 14.8. The van der Waals surface area contributed by atoms with E-state index in [1.54, 1.807) is 0 Å². The zero-order chi connectivity index (χ0) is 25.0. The molecule has 0 aliphatic carbocycles. The lowest BCUT2D eigenvalue weighted by molar-refractivity contribution is -0.147. The van der Waals surface area contributed by atoms with Gasteiger partial charge >= 0.3 is 17.9 Å². The normalized spacial score (nSPS) is 14.2. The van der Waals surface area contributed by atoms with Crippen molar-refractivity contribution in [2.75, 3.05) is 5.75 Å². The van der Waals surface area contributed by atoms with Gasteiger partial charge in [-0.3, -0.25) is 28.8 Å². The van der Waals surface area contributed by atoms with Crippen LogP contribution in [0.4, 0.5) is 0 Å². The lowest BCUT2D eigenvalue weighted by Gasteiger charge is -2.24. The van der Waals surface area contributed by atoms with Crippen molar-refractivity contribution in [3.05, 3.63) is 0 Å². The SMILES string of the molecule is NC(=O)CC(N)C(=O)NC(CS)C(=O)NC(CCC(=O)O)C(=O)NC(CC(=O)O)C(=O)O. The number of aliphatic carboxylic acids is 3. The number of amides is 4. The topological polar surface area (TPSA) is 268 Å². The highest BCUT2D eigenvalue weighted by atomic mass is 32.1. The Morgan fingerprint density at radius 2 is 1.25 bits per heavy atom. The molecule has 4 amide bonds. The van der Waals surface area contributed by atoms with Crippen LogP contribution in [0.2, 0.25) is 0 Å². The molecule has 0 rings (SSSR count). The molecule has 0 fully saturated rings. The minimum absolute atomic E-state index is 0.287. The van der Waals surface area contributed by atoms with Crippen LogP contribution >= 0.6 is 12.6 Å². The van der Waals surface area contributed by atoms with Gasteiger partial charge in [0, 0.05) is 12.2 Å². The van der Waals surface area contributed by atoms with E-state index in [1.807, 2.05) is 5.32 Å². The third kappa shape index (κ3) is 11.1. The first-order valence-corrected chi connectivity index (χ1v) is 9.63. The van der Waals surface area contributed by atoms with Crippen molar-refractivity contribution in [2.24, 2.45) is 11.5 Å². The van der Waals surface area contributed by atoms with Crippen molar-refractivity contribution in [1.29, 1.82) is 0 Å². The average Bonchev–Trinajstić information content (AvgIpc) is 2.66. The molecule has 0 saturated carbocycles. The first-order valence-electron chi connectivity index (χ1n) is 9.00. The molecule has 32 heavy (non-hydrogen) atoms. The lowest BCUT2D eigenvalue weighted by Crippen LogP contribution is -2.58. The minimum atomic E-state index is -1.84. The molecule has 0 bridgehead atoms. The zero-order valence-corrected chi connectivity index (χ0v) is 17.5. The van der Waals surface area contributed by atoms with E-state index < -0.39 is 91.4 Å². The van der Waals surface area contributed by atoms with Crippen LogP contribution in [0, 0.1) is 0 Å². The summed E-state index contributed by atoms with van der Waals surface area (Å²) in [4.78, 5) is 80.4. The highest BCUT2D eigenvalue weighted by Gasteiger charge is 2.31. The Labute approximate surface area is 186 Å². The quantitative estimate of drug-likeness (QED) is 0.102. The van der Waals surface area contributed by atoms with Crippen molar-refractivity contribution in [3.63, 3.8) is 0 Å². The lowest BCUT2D eigenvalue weighted by atomic mass is 10.1. The summed E-state index contributed by atoms with van der Waals surface area (Å²) in [5, 5.41) is 32.9. The fourth-order valence-corrected chi connectivity index (χ4v) is 2.50. The maximum Gasteiger partial charge on any atom is 0.326 e. The van der Waals surface area contributed by atoms with Crippen molar-refractivity contribution < 1.29 is 48.9 Å². The minimum Gasteiger partial charge on any atom is -0.481 e. The Bertz CT molecular complexity index is 761. The number of nitrogens with one attached hydrogen (secondary N) is 3. The number of carboxylic acids is 3. The Hall–Kier alpha value is -3.40. The molecule has 16 heteroatoms. The van der Waals surface area contributed by atoms with Gasteiger partial charge in [0.2, 0.25) is 23.6 Å². The molecule has 180 valence electrons. The van der Waals surface area contributed by atoms with Crippen LogP contribution in [0.3, 0.4) is 0 Å². The number of carboxylic acid groups (broad SMARTS) is 3. The van der Waals surface area contributed by atoms with Crippen LogP contribution in [-0.4, -0.2) is 86.8 Å². The molecule has 10 N–H and O–H groups in total. The van der Waals surface area contributed by atoms with Crippen LogP contribution in [0.5, 0.6) is 0 Å². The van der Waals surface area contributed by atoms with Crippen molar-refractivity contribution in [3.8, 4) is 0 Å². The highest BCUT2D eigenvalue weighted by molar-refractivity contribution is 7.80. The molecule has 0 aromatic carbocycles. The van der Waals surface area contributed by atoms with E-state index >= 15 is 0 Å². The van der Waals surface area contributed by atoms with E-state index in [2.05, 4.69) is 23.3 Å². The van der Waals surface area contributed by atoms with Crippen LogP contribution in [0.25, 0.3) is 0 Å². The summed E-state index contributed by atoms with van der Waals surface area (Å²) in [5.74, 6) is -8.71. The maximum atomic E-state index is 12.5. The van der Waals surface area contributed by atoms with Crippen LogP contribution in [0.15, 0.2) is 0 Å². The Morgan fingerprint density at radius 1 is 0.750 bits per heavy atom. The van der Waals surface area contributed by atoms with Gasteiger partial charge in [-0.1, -0.05) is 0 Å². The summed E-state index contributed by atoms with van der Waals surface area (Å²) in [5.41, 5.74) is 10.4. The number of hydrogen-bond acceptors (Lipinski definition) is 9. The fourth-order valence-electron chi connectivity index (χ4n) is 2.24. The fraction of sp³-hybridized carbons (Fsp3) is 0.562. The molecule has 4 atom stereocenters. The van der Waals surface area contributed by atoms with Crippen LogP contribution < -0.4 is 27.4 Å². The average molecular weight is 479 g/mol. The smallest absolute Gasteiger partial charge is 0.326 e. The largest absolute Gasteiger partial charge is 0.481 e. The molecule has 15 nitrogen and oxygen atoms in total.